The van der Waals surface area contributed by atoms with Crippen molar-refractivity contribution >= 4 is 16.9 Å². The highest BCUT2D eigenvalue weighted by Crippen LogP contribution is 2.12. The van der Waals surface area contributed by atoms with E-state index in [1.807, 2.05) is 23.1 Å². The molecule has 2 aromatic rings. The topological polar surface area (TPSA) is 81.3 Å². The SMILES string of the molecule is CCCCC(CC)CNC(=O)N1CCN(Cc2nc3ccccc3c(=O)[nH]2)CC1. The van der Waals surface area contributed by atoms with E-state index in [0.29, 0.717) is 36.8 Å². The van der Waals surface area contributed by atoms with Crippen molar-refractivity contribution in [2.45, 2.75) is 46.1 Å². The molecule has 0 aliphatic carbocycles. The van der Waals surface area contributed by atoms with E-state index in [1.54, 1.807) is 6.07 Å². The maximum Gasteiger partial charge on any atom is 0.317 e. The van der Waals surface area contributed by atoms with Gasteiger partial charge >= 0.3 is 6.03 Å². The molecule has 3 rings (SSSR count). The Kier molecular flexibility index (Phi) is 7.63. The third-order valence-corrected chi connectivity index (χ3v) is 5.78. The van der Waals surface area contributed by atoms with E-state index in [0.717, 1.165) is 31.6 Å². The summed E-state index contributed by atoms with van der Waals surface area (Å²) >= 11 is 0. The van der Waals surface area contributed by atoms with Crippen molar-refractivity contribution in [1.82, 2.24) is 25.1 Å². The summed E-state index contributed by atoms with van der Waals surface area (Å²) in [4.78, 5) is 36.3. The Bertz CT molecular complexity index is 858. The number of aromatic nitrogens is 2. The van der Waals surface area contributed by atoms with Crippen molar-refractivity contribution < 1.29 is 4.79 Å². The minimum atomic E-state index is -0.0998. The minimum Gasteiger partial charge on any atom is -0.338 e. The molecule has 0 radical (unpaired) electrons. The predicted molar refractivity (Wildman–Crippen MR) is 116 cm³/mol. The lowest BCUT2D eigenvalue weighted by Gasteiger charge is -2.34. The molecule has 2 heterocycles. The largest absolute Gasteiger partial charge is 0.338 e. The number of H-pyrrole nitrogens is 1. The molecule has 1 aliphatic rings. The zero-order valence-corrected chi connectivity index (χ0v) is 17.6. The molecule has 0 spiro atoms. The van der Waals surface area contributed by atoms with E-state index in [-0.39, 0.29) is 11.6 Å². The minimum absolute atomic E-state index is 0.0387. The molecule has 0 bridgehead atoms. The van der Waals surface area contributed by atoms with Crippen LogP contribution in [0.2, 0.25) is 0 Å². The second-order valence-corrected chi connectivity index (χ2v) is 7.90. The number of fused-ring (bicyclic) bond motifs is 1. The molecule has 29 heavy (non-hydrogen) atoms. The Balaban J connectivity index is 1.48. The summed E-state index contributed by atoms with van der Waals surface area (Å²) in [6.07, 6.45) is 4.70. The Morgan fingerprint density at radius 1 is 1.21 bits per heavy atom. The quantitative estimate of drug-likeness (QED) is 0.715. The van der Waals surface area contributed by atoms with Gasteiger partial charge in [-0.05, 0) is 24.5 Å². The molecule has 2 N–H and O–H groups in total. The molecule has 1 atom stereocenters. The monoisotopic (exact) mass is 399 g/mol. The lowest BCUT2D eigenvalue weighted by atomic mass is 9.99. The maximum atomic E-state index is 12.5. The first-order valence-corrected chi connectivity index (χ1v) is 10.8. The molecule has 1 aromatic carbocycles. The van der Waals surface area contributed by atoms with Gasteiger partial charge in [0.1, 0.15) is 5.82 Å². The average molecular weight is 400 g/mol. The zero-order chi connectivity index (χ0) is 20.6. The normalized spacial score (nSPS) is 16.1. The second kappa shape index (κ2) is 10.4. The lowest BCUT2D eigenvalue weighted by molar-refractivity contribution is 0.132. The van der Waals surface area contributed by atoms with Crippen LogP contribution >= 0.6 is 0 Å². The number of carbonyl (C=O) groups is 1. The van der Waals surface area contributed by atoms with Crippen LogP contribution in [0, 0.1) is 5.92 Å². The maximum absolute atomic E-state index is 12.5. The van der Waals surface area contributed by atoms with E-state index < -0.39 is 0 Å². The molecule has 0 saturated carbocycles. The summed E-state index contributed by atoms with van der Waals surface area (Å²) in [6, 6.07) is 7.42. The van der Waals surface area contributed by atoms with Crippen LogP contribution in [0.5, 0.6) is 0 Å². The third kappa shape index (κ3) is 5.79. The van der Waals surface area contributed by atoms with E-state index in [1.165, 1.54) is 19.3 Å². The van der Waals surface area contributed by atoms with E-state index in [2.05, 4.69) is 34.0 Å². The first-order valence-electron chi connectivity index (χ1n) is 10.8. The van der Waals surface area contributed by atoms with Crippen LogP contribution in [-0.4, -0.2) is 58.5 Å². The first-order chi connectivity index (χ1) is 14.1. The molecule has 158 valence electrons. The Hall–Kier alpha value is -2.41. The van der Waals surface area contributed by atoms with Crippen molar-refractivity contribution in [3.05, 3.63) is 40.4 Å². The molecule has 7 heteroatoms. The van der Waals surface area contributed by atoms with Crippen LogP contribution < -0.4 is 10.9 Å². The molecule has 7 nitrogen and oxygen atoms in total. The van der Waals surface area contributed by atoms with Crippen molar-refractivity contribution in [3.63, 3.8) is 0 Å². The van der Waals surface area contributed by atoms with E-state index >= 15 is 0 Å². The fourth-order valence-corrected chi connectivity index (χ4v) is 3.82. The summed E-state index contributed by atoms with van der Waals surface area (Å²) in [5.74, 6) is 1.24. The smallest absolute Gasteiger partial charge is 0.317 e. The van der Waals surface area contributed by atoms with Crippen LogP contribution in [0.15, 0.2) is 29.1 Å². The molecule has 1 fully saturated rings. The van der Waals surface area contributed by atoms with Gasteiger partial charge in [0.25, 0.3) is 5.56 Å². The number of aromatic amines is 1. The molecule has 1 saturated heterocycles. The van der Waals surface area contributed by atoms with Gasteiger partial charge in [-0.25, -0.2) is 9.78 Å². The van der Waals surface area contributed by atoms with Crippen molar-refractivity contribution in [3.8, 4) is 0 Å². The van der Waals surface area contributed by atoms with Crippen molar-refractivity contribution in [2.24, 2.45) is 5.92 Å². The fraction of sp³-hybridized carbons (Fsp3) is 0.591. The lowest BCUT2D eigenvalue weighted by Crippen LogP contribution is -2.52. The molecule has 2 amide bonds. The summed E-state index contributed by atoms with van der Waals surface area (Å²) in [7, 11) is 0. The number of para-hydroxylation sites is 1. The standard InChI is InChI=1S/C22H33N5O2/c1-3-5-8-17(4-2)15-23-22(29)27-13-11-26(12-14-27)16-20-24-19-10-7-6-9-18(19)21(28)25-20/h6-7,9-10,17H,3-5,8,11-16H2,1-2H3,(H,23,29)(H,24,25,28). The van der Waals surface area contributed by atoms with Gasteiger partial charge < -0.3 is 15.2 Å². The van der Waals surface area contributed by atoms with Crippen LogP contribution in [0.1, 0.15) is 45.4 Å². The third-order valence-electron chi connectivity index (χ3n) is 5.78. The van der Waals surface area contributed by atoms with Gasteiger partial charge in [-0.2, -0.15) is 0 Å². The molecular weight excluding hydrogens is 366 g/mol. The summed E-state index contributed by atoms with van der Waals surface area (Å²) < 4.78 is 0. The number of unbranched alkanes of at least 4 members (excludes halogenated alkanes) is 1. The van der Waals surface area contributed by atoms with Crippen LogP contribution in [0.3, 0.4) is 0 Å². The second-order valence-electron chi connectivity index (χ2n) is 7.90. The van der Waals surface area contributed by atoms with Gasteiger partial charge in [0.2, 0.25) is 0 Å². The molecule has 1 aliphatic heterocycles. The average Bonchev–Trinajstić information content (AvgIpc) is 2.74. The first kappa shape index (κ1) is 21.3. The van der Waals surface area contributed by atoms with Gasteiger partial charge in [0.05, 0.1) is 17.4 Å². The molecule has 1 unspecified atom stereocenters. The van der Waals surface area contributed by atoms with Crippen LogP contribution in [0.25, 0.3) is 10.9 Å². The Labute approximate surface area is 172 Å². The Morgan fingerprint density at radius 2 is 1.97 bits per heavy atom. The van der Waals surface area contributed by atoms with E-state index in [9.17, 15) is 9.59 Å². The van der Waals surface area contributed by atoms with Gasteiger partial charge in [0, 0.05) is 32.7 Å². The van der Waals surface area contributed by atoms with Crippen molar-refractivity contribution in [1.29, 1.82) is 0 Å². The predicted octanol–water partition coefficient (Wildman–Crippen LogP) is 2.97. The van der Waals surface area contributed by atoms with Crippen molar-refractivity contribution in [2.75, 3.05) is 32.7 Å². The number of carbonyl (C=O) groups excluding carboxylic acids is 1. The van der Waals surface area contributed by atoms with Gasteiger partial charge in [-0.1, -0.05) is 45.2 Å². The highest BCUT2D eigenvalue weighted by atomic mass is 16.2. The van der Waals surface area contributed by atoms with Crippen LogP contribution in [0.4, 0.5) is 4.79 Å². The van der Waals surface area contributed by atoms with Gasteiger partial charge in [-0.3, -0.25) is 9.69 Å². The zero-order valence-electron chi connectivity index (χ0n) is 17.6. The van der Waals surface area contributed by atoms with Gasteiger partial charge in [0.15, 0.2) is 0 Å². The Morgan fingerprint density at radius 3 is 2.69 bits per heavy atom. The number of nitrogens with zero attached hydrogens (tertiary/aromatic N) is 3. The molecular formula is C22H33N5O2. The number of hydrogen-bond donors (Lipinski definition) is 2. The highest BCUT2D eigenvalue weighted by Gasteiger charge is 2.22. The summed E-state index contributed by atoms with van der Waals surface area (Å²) in [5, 5.41) is 3.73. The van der Waals surface area contributed by atoms with Crippen LogP contribution in [-0.2, 0) is 6.54 Å². The van der Waals surface area contributed by atoms with E-state index in [4.69, 9.17) is 0 Å². The highest BCUT2D eigenvalue weighted by molar-refractivity contribution is 5.77. The summed E-state index contributed by atoms with van der Waals surface area (Å²) in [5.41, 5.74) is 0.620. The number of nitrogens with one attached hydrogen (secondary N) is 2. The fourth-order valence-electron chi connectivity index (χ4n) is 3.82. The van der Waals surface area contributed by atoms with Gasteiger partial charge in [-0.15, -0.1) is 0 Å². The number of amides is 2. The number of rotatable bonds is 8. The number of piperazine rings is 1. The number of hydrogen-bond acceptors (Lipinski definition) is 4. The number of urea groups is 1. The summed E-state index contributed by atoms with van der Waals surface area (Å²) in [6.45, 7) is 8.67. The number of benzene rings is 1. The molecule has 1 aromatic heterocycles.